The van der Waals surface area contributed by atoms with Gasteiger partial charge in [-0.2, -0.15) is 0 Å². The van der Waals surface area contributed by atoms with Crippen molar-refractivity contribution in [2.75, 3.05) is 6.61 Å². The predicted octanol–water partition coefficient (Wildman–Crippen LogP) is 3.85. The normalized spacial score (nSPS) is 18.2. The topological polar surface area (TPSA) is 177 Å². The van der Waals surface area contributed by atoms with Crippen molar-refractivity contribution in [1.29, 1.82) is 0 Å². The third-order valence-corrected chi connectivity index (χ3v) is 8.32. The van der Waals surface area contributed by atoms with E-state index in [-0.39, 0.29) is 18.1 Å². The summed E-state index contributed by atoms with van der Waals surface area (Å²) in [5, 5.41) is 5.77. The Hall–Kier alpha value is -3.40. The molecule has 0 aliphatic heterocycles. The Kier molecular flexibility index (Phi) is 10.6. The van der Waals surface area contributed by atoms with Crippen molar-refractivity contribution >= 4 is 25.5 Å². The molecular formula is C30H40N3O8P. The minimum absolute atomic E-state index is 0.0185. The molecule has 42 heavy (non-hydrogen) atoms. The van der Waals surface area contributed by atoms with Crippen LogP contribution in [0.3, 0.4) is 0 Å². The van der Waals surface area contributed by atoms with Gasteiger partial charge in [0, 0.05) is 13.3 Å². The highest BCUT2D eigenvalue weighted by Gasteiger charge is 2.28. The first-order chi connectivity index (χ1) is 20.0. The van der Waals surface area contributed by atoms with E-state index in [0.717, 1.165) is 43.2 Å². The number of carbonyl (C=O) groups excluding carboxylic acids is 3. The second kappa shape index (κ2) is 14.2. The first-order valence-corrected chi connectivity index (χ1v) is 16.0. The Morgan fingerprint density at radius 2 is 1.71 bits per heavy atom. The standard InChI is InChI=1S/C30H40N3O8P/c1-19(34)32-27(15-20-11-13-23(14-12-20)41-42(37,38)39)30(36)33-26-10-6-5-9-22-16-28(25(29(31)35)17-24(22)26)40-18-21-7-3-2-4-8-21/h11-14,16-17,21,26-27H,2-10,15,18H2,1H3,(H2,31,35)(H,32,34)(H,33,36)(H2,37,38,39)/t26?,27-/m0/s1. The molecule has 0 bridgehead atoms. The van der Waals surface area contributed by atoms with Crippen molar-refractivity contribution in [3.63, 3.8) is 0 Å². The zero-order valence-corrected chi connectivity index (χ0v) is 24.7. The monoisotopic (exact) mass is 601 g/mol. The Bertz CT molecular complexity index is 1320. The lowest BCUT2D eigenvalue weighted by Crippen LogP contribution is -2.48. The van der Waals surface area contributed by atoms with E-state index in [0.29, 0.717) is 35.8 Å². The zero-order valence-electron chi connectivity index (χ0n) is 23.8. The number of hydrogen-bond acceptors (Lipinski definition) is 6. The lowest BCUT2D eigenvalue weighted by Gasteiger charge is -2.26. The number of primary amides is 1. The summed E-state index contributed by atoms with van der Waals surface area (Å²) in [7, 11) is -4.70. The molecule has 228 valence electrons. The molecule has 0 heterocycles. The summed E-state index contributed by atoms with van der Waals surface area (Å²) in [4.78, 5) is 56.0. The molecule has 2 aromatic carbocycles. The van der Waals surface area contributed by atoms with E-state index in [4.69, 9.17) is 20.3 Å². The van der Waals surface area contributed by atoms with Gasteiger partial charge in [0.15, 0.2) is 0 Å². The Labute approximate surface area is 245 Å². The van der Waals surface area contributed by atoms with E-state index in [1.807, 2.05) is 6.07 Å². The van der Waals surface area contributed by atoms with Gasteiger partial charge in [0.05, 0.1) is 18.2 Å². The van der Waals surface area contributed by atoms with Crippen molar-refractivity contribution in [2.24, 2.45) is 11.7 Å². The molecule has 2 aromatic rings. The van der Waals surface area contributed by atoms with Crippen LogP contribution < -0.4 is 25.6 Å². The van der Waals surface area contributed by atoms with E-state index >= 15 is 0 Å². The van der Waals surface area contributed by atoms with Crippen molar-refractivity contribution in [2.45, 2.75) is 83.2 Å². The maximum absolute atomic E-state index is 13.5. The molecule has 1 fully saturated rings. The van der Waals surface area contributed by atoms with E-state index in [1.165, 1.54) is 38.3 Å². The van der Waals surface area contributed by atoms with Gasteiger partial charge in [-0.1, -0.05) is 37.8 Å². The summed E-state index contributed by atoms with van der Waals surface area (Å²) in [5.41, 5.74) is 8.53. The van der Waals surface area contributed by atoms with Gasteiger partial charge in [0.25, 0.3) is 5.91 Å². The van der Waals surface area contributed by atoms with E-state index in [9.17, 15) is 18.9 Å². The van der Waals surface area contributed by atoms with E-state index < -0.39 is 31.7 Å². The molecule has 2 aliphatic carbocycles. The molecule has 0 saturated heterocycles. The number of benzene rings is 2. The number of aryl methyl sites for hydroxylation is 1. The highest BCUT2D eigenvalue weighted by atomic mass is 31.2. The maximum Gasteiger partial charge on any atom is 0.524 e. The van der Waals surface area contributed by atoms with Gasteiger partial charge in [0.2, 0.25) is 11.8 Å². The molecule has 0 radical (unpaired) electrons. The van der Waals surface area contributed by atoms with Gasteiger partial charge in [-0.05, 0) is 79.0 Å². The summed E-state index contributed by atoms with van der Waals surface area (Å²) in [6, 6.07) is 8.26. The van der Waals surface area contributed by atoms with Crippen molar-refractivity contribution in [3.8, 4) is 11.5 Å². The van der Waals surface area contributed by atoms with Crippen molar-refractivity contribution in [1.82, 2.24) is 10.6 Å². The molecule has 12 heteroatoms. The number of nitrogens with two attached hydrogens (primary N) is 1. The minimum atomic E-state index is -4.70. The molecule has 11 nitrogen and oxygen atoms in total. The number of phosphoric ester groups is 1. The van der Waals surface area contributed by atoms with Gasteiger partial charge in [-0.25, -0.2) is 4.57 Å². The fourth-order valence-corrected chi connectivity index (χ4v) is 6.20. The van der Waals surface area contributed by atoms with Crippen LogP contribution in [0.15, 0.2) is 36.4 Å². The lowest BCUT2D eigenvalue weighted by molar-refractivity contribution is -0.128. The van der Waals surface area contributed by atoms with Crippen molar-refractivity contribution in [3.05, 3.63) is 58.7 Å². The summed E-state index contributed by atoms with van der Waals surface area (Å²) < 4.78 is 21.8. The van der Waals surface area contributed by atoms with E-state index in [2.05, 4.69) is 15.2 Å². The number of fused-ring (bicyclic) bond motifs is 1. The summed E-state index contributed by atoms with van der Waals surface area (Å²) in [5.74, 6) is -0.430. The smallest absolute Gasteiger partial charge is 0.492 e. The number of amides is 3. The number of rotatable bonds is 11. The molecule has 1 saturated carbocycles. The number of carbonyl (C=O) groups is 3. The molecule has 0 aromatic heterocycles. The fourth-order valence-electron chi connectivity index (χ4n) is 5.81. The zero-order chi connectivity index (χ0) is 30.3. The molecule has 2 aliphatic rings. The van der Waals surface area contributed by atoms with Crippen LogP contribution in [0.25, 0.3) is 0 Å². The number of hydrogen-bond donors (Lipinski definition) is 5. The Morgan fingerprint density at radius 1 is 1.02 bits per heavy atom. The minimum Gasteiger partial charge on any atom is -0.492 e. The van der Waals surface area contributed by atoms with Gasteiger partial charge in [0.1, 0.15) is 17.5 Å². The third kappa shape index (κ3) is 9.05. The molecule has 4 rings (SSSR count). The quantitative estimate of drug-likeness (QED) is 0.190. The number of phosphoric acid groups is 1. The first-order valence-electron chi connectivity index (χ1n) is 14.5. The van der Waals surface area contributed by atoms with Crippen LogP contribution in [-0.4, -0.2) is 40.2 Å². The molecule has 2 atom stereocenters. The molecule has 3 amide bonds. The van der Waals surface area contributed by atoms with Crippen LogP contribution in [-0.2, 0) is 27.0 Å². The van der Waals surface area contributed by atoms with Gasteiger partial charge in [-0.15, -0.1) is 0 Å². The fraction of sp³-hybridized carbons (Fsp3) is 0.500. The second-order valence-corrected chi connectivity index (χ2v) is 12.4. The molecule has 1 unspecified atom stereocenters. The summed E-state index contributed by atoms with van der Waals surface area (Å²) in [6.45, 7) is 1.87. The molecular weight excluding hydrogens is 561 g/mol. The highest BCUT2D eigenvalue weighted by Crippen LogP contribution is 2.38. The summed E-state index contributed by atoms with van der Waals surface area (Å²) in [6.07, 6.45) is 9.21. The predicted molar refractivity (Wildman–Crippen MR) is 156 cm³/mol. The van der Waals surface area contributed by atoms with Crippen LogP contribution in [0, 0.1) is 5.92 Å². The molecule has 0 spiro atoms. The Morgan fingerprint density at radius 3 is 2.36 bits per heavy atom. The van der Waals surface area contributed by atoms with Crippen LogP contribution in [0.4, 0.5) is 0 Å². The van der Waals surface area contributed by atoms with Crippen molar-refractivity contribution < 1.29 is 38.0 Å². The Balaban J connectivity index is 1.52. The average molecular weight is 602 g/mol. The number of ether oxygens (including phenoxy) is 1. The largest absolute Gasteiger partial charge is 0.524 e. The lowest BCUT2D eigenvalue weighted by atomic mass is 9.90. The highest BCUT2D eigenvalue weighted by molar-refractivity contribution is 7.46. The van der Waals surface area contributed by atoms with E-state index in [1.54, 1.807) is 18.2 Å². The summed E-state index contributed by atoms with van der Waals surface area (Å²) >= 11 is 0. The first kappa shape index (κ1) is 31.5. The van der Waals surface area contributed by atoms with Crippen LogP contribution >= 0.6 is 7.82 Å². The molecule has 6 N–H and O–H groups in total. The third-order valence-electron chi connectivity index (χ3n) is 7.87. The van der Waals surface area contributed by atoms with Crippen LogP contribution in [0.5, 0.6) is 11.5 Å². The van der Waals surface area contributed by atoms with Crippen LogP contribution in [0.1, 0.15) is 91.4 Å². The SMILES string of the molecule is CC(=O)N[C@@H](Cc1ccc(OP(=O)(O)O)cc1)C(=O)NC1CCCCc2cc(OCC3CCCCC3)c(C(N)=O)cc21. The van der Waals surface area contributed by atoms with Crippen LogP contribution in [0.2, 0.25) is 0 Å². The van der Waals surface area contributed by atoms with Gasteiger partial charge >= 0.3 is 7.82 Å². The second-order valence-electron chi connectivity index (χ2n) is 11.2. The van der Waals surface area contributed by atoms with Gasteiger partial charge in [-0.3, -0.25) is 24.2 Å². The van der Waals surface area contributed by atoms with Gasteiger partial charge < -0.3 is 25.6 Å². The number of nitrogens with one attached hydrogen (secondary N) is 2. The average Bonchev–Trinajstić information content (AvgIpc) is 3.13. The maximum atomic E-state index is 13.5.